The van der Waals surface area contributed by atoms with Crippen LogP contribution >= 0.6 is 0 Å². The first kappa shape index (κ1) is 26.3. The van der Waals surface area contributed by atoms with Crippen molar-refractivity contribution in [2.45, 2.75) is 64.3 Å². The lowest BCUT2D eigenvalue weighted by Crippen LogP contribution is -2.49. The average molecular weight is 502 g/mol. The SMILES string of the molecule is CCCCN(CCCC)C(=O)CN1CC(c2ccc3c(c2)OCO3)C(C(=O)O)C1CN1CCCC1=O. The van der Waals surface area contributed by atoms with Crippen LogP contribution in [0.4, 0.5) is 0 Å². The molecule has 9 heteroatoms. The van der Waals surface area contributed by atoms with E-state index in [-0.39, 0.29) is 31.1 Å². The van der Waals surface area contributed by atoms with Crippen LogP contribution < -0.4 is 9.47 Å². The second-order valence-corrected chi connectivity index (χ2v) is 10.1. The van der Waals surface area contributed by atoms with Crippen LogP contribution in [-0.4, -0.2) is 89.7 Å². The zero-order valence-corrected chi connectivity index (χ0v) is 21.5. The number of benzene rings is 1. The van der Waals surface area contributed by atoms with E-state index in [2.05, 4.69) is 13.8 Å². The molecule has 1 aromatic carbocycles. The lowest BCUT2D eigenvalue weighted by atomic mass is 9.85. The summed E-state index contributed by atoms with van der Waals surface area (Å²) in [5, 5.41) is 10.4. The van der Waals surface area contributed by atoms with Gasteiger partial charge in [-0.3, -0.25) is 19.3 Å². The van der Waals surface area contributed by atoms with Gasteiger partial charge in [0.15, 0.2) is 11.5 Å². The van der Waals surface area contributed by atoms with Gasteiger partial charge in [-0.15, -0.1) is 0 Å². The molecule has 0 bridgehead atoms. The van der Waals surface area contributed by atoms with Gasteiger partial charge in [0, 0.05) is 51.1 Å². The predicted molar refractivity (Wildman–Crippen MR) is 134 cm³/mol. The van der Waals surface area contributed by atoms with Gasteiger partial charge < -0.3 is 24.4 Å². The molecule has 3 aliphatic heterocycles. The largest absolute Gasteiger partial charge is 0.481 e. The topological polar surface area (TPSA) is 99.6 Å². The number of hydrogen-bond acceptors (Lipinski definition) is 6. The summed E-state index contributed by atoms with van der Waals surface area (Å²) >= 11 is 0. The Morgan fingerprint density at radius 2 is 1.83 bits per heavy atom. The number of carbonyl (C=O) groups is 3. The highest BCUT2D eigenvalue weighted by Gasteiger charge is 2.48. The first-order valence-corrected chi connectivity index (χ1v) is 13.3. The summed E-state index contributed by atoms with van der Waals surface area (Å²) in [4.78, 5) is 44.3. The molecule has 3 heterocycles. The maximum atomic E-state index is 13.5. The zero-order valence-electron chi connectivity index (χ0n) is 21.5. The molecule has 3 unspecified atom stereocenters. The van der Waals surface area contributed by atoms with Gasteiger partial charge in [0.25, 0.3) is 0 Å². The average Bonchev–Trinajstić information content (AvgIpc) is 3.58. The minimum Gasteiger partial charge on any atom is -0.481 e. The van der Waals surface area contributed by atoms with Crippen molar-refractivity contribution in [1.82, 2.24) is 14.7 Å². The standard InChI is InChI=1S/C27H39N3O6/c1-3-5-11-28(12-6-4-2)25(32)17-30-15-20(19-9-10-22-23(14-19)36-18-35-22)26(27(33)34)21(30)16-29-13-7-8-24(29)31/h9-10,14,20-21,26H,3-8,11-13,15-18H2,1-2H3,(H,33,34). The van der Waals surface area contributed by atoms with Crippen LogP contribution in [0.5, 0.6) is 11.5 Å². The second-order valence-electron chi connectivity index (χ2n) is 10.1. The fourth-order valence-corrected chi connectivity index (χ4v) is 5.66. The smallest absolute Gasteiger partial charge is 0.308 e. The molecule has 1 aromatic rings. The summed E-state index contributed by atoms with van der Waals surface area (Å²) in [5.41, 5.74) is 0.855. The lowest BCUT2D eigenvalue weighted by molar-refractivity contribution is -0.144. The summed E-state index contributed by atoms with van der Waals surface area (Å²) in [6.07, 6.45) is 5.18. The van der Waals surface area contributed by atoms with Crippen LogP contribution in [0, 0.1) is 5.92 Å². The number of hydrogen-bond donors (Lipinski definition) is 1. The van der Waals surface area contributed by atoms with Crippen molar-refractivity contribution in [3.63, 3.8) is 0 Å². The second kappa shape index (κ2) is 12.0. The normalized spacial score (nSPS) is 23.4. The third kappa shape index (κ3) is 5.77. The van der Waals surface area contributed by atoms with Crippen LogP contribution in [0.3, 0.4) is 0 Å². The van der Waals surface area contributed by atoms with E-state index >= 15 is 0 Å². The Balaban J connectivity index is 1.60. The summed E-state index contributed by atoms with van der Waals surface area (Å²) in [6.45, 7) is 7.36. The zero-order chi connectivity index (χ0) is 25.7. The van der Waals surface area contributed by atoms with Crippen molar-refractivity contribution in [2.24, 2.45) is 5.92 Å². The van der Waals surface area contributed by atoms with Crippen LogP contribution in [0.15, 0.2) is 18.2 Å². The summed E-state index contributed by atoms with van der Waals surface area (Å²) < 4.78 is 11.0. The van der Waals surface area contributed by atoms with Crippen molar-refractivity contribution in [1.29, 1.82) is 0 Å². The highest BCUT2D eigenvalue weighted by molar-refractivity contribution is 5.80. The van der Waals surface area contributed by atoms with Gasteiger partial charge in [-0.2, -0.15) is 0 Å². The Morgan fingerprint density at radius 1 is 1.11 bits per heavy atom. The molecule has 2 saturated heterocycles. The lowest BCUT2D eigenvalue weighted by Gasteiger charge is -2.32. The van der Waals surface area contributed by atoms with Crippen molar-refractivity contribution in [3.8, 4) is 11.5 Å². The number of nitrogens with zero attached hydrogens (tertiary/aromatic N) is 3. The highest BCUT2D eigenvalue weighted by Crippen LogP contribution is 2.42. The van der Waals surface area contributed by atoms with E-state index in [9.17, 15) is 19.5 Å². The minimum absolute atomic E-state index is 0.0325. The van der Waals surface area contributed by atoms with Crippen LogP contribution in [0.1, 0.15) is 63.9 Å². The maximum absolute atomic E-state index is 13.5. The van der Waals surface area contributed by atoms with Crippen molar-refractivity contribution in [2.75, 3.05) is 46.1 Å². The Morgan fingerprint density at radius 3 is 2.47 bits per heavy atom. The van der Waals surface area contributed by atoms with Gasteiger partial charge in [0.05, 0.1) is 12.5 Å². The van der Waals surface area contributed by atoms with Gasteiger partial charge in [-0.05, 0) is 37.0 Å². The molecule has 2 amide bonds. The molecule has 2 fully saturated rings. The number of amides is 2. The van der Waals surface area contributed by atoms with Gasteiger partial charge in [0.1, 0.15) is 0 Å². The van der Waals surface area contributed by atoms with E-state index in [1.165, 1.54) is 0 Å². The predicted octanol–water partition coefficient (Wildman–Crippen LogP) is 2.94. The number of unbranched alkanes of at least 4 members (excludes halogenated alkanes) is 2. The van der Waals surface area contributed by atoms with Gasteiger partial charge in [0.2, 0.25) is 18.6 Å². The van der Waals surface area contributed by atoms with E-state index in [4.69, 9.17) is 9.47 Å². The molecule has 0 radical (unpaired) electrons. The molecule has 198 valence electrons. The molecule has 0 aliphatic carbocycles. The number of likely N-dealkylation sites (tertiary alicyclic amines) is 2. The molecule has 1 N–H and O–H groups in total. The van der Waals surface area contributed by atoms with Crippen LogP contribution in [0.25, 0.3) is 0 Å². The quantitative estimate of drug-likeness (QED) is 0.470. The Hall–Kier alpha value is -2.81. The molecule has 3 aliphatic rings. The van der Waals surface area contributed by atoms with Crippen LogP contribution in [-0.2, 0) is 14.4 Å². The van der Waals surface area contributed by atoms with Crippen molar-refractivity contribution < 1.29 is 29.0 Å². The number of aliphatic carboxylic acids is 1. The molecular weight excluding hydrogens is 462 g/mol. The number of ether oxygens (including phenoxy) is 2. The molecule has 0 spiro atoms. The molecule has 3 atom stereocenters. The third-order valence-electron chi connectivity index (χ3n) is 7.69. The number of carboxylic acids is 1. The van der Waals surface area contributed by atoms with E-state index in [0.717, 1.165) is 37.7 Å². The number of rotatable bonds is 12. The highest BCUT2D eigenvalue weighted by atomic mass is 16.7. The Labute approximate surface area is 213 Å². The van der Waals surface area contributed by atoms with E-state index in [0.29, 0.717) is 50.6 Å². The van der Waals surface area contributed by atoms with Gasteiger partial charge in [-0.25, -0.2) is 0 Å². The third-order valence-corrected chi connectivity index (χ3v) is 7.69. The number of carbonyl (C=O) groups excluding carboxylic acids is 2. The number of carboxylic acid groups (broad SMARTS) is 1. The molecule has 9 nitrogen and oxygen atoms in total. The Kier molecular flexibility index (Phi) is 8.72. The van der Waals surface area contributed by atoms with Gasteiger partial charge in [-0.1, -0.05) is 32.8 Å². The van der Waals surface area contributed by atoms with E-state index in [1.807, 2.05) is 28.0 Å². The summed E-state index contributed by atoms with van der Waals surface area (Å²) in [5.74, 6) is -0.619. The maximum Gasteiger partial charge on any atom is 0.308 e. The fourth-order valence-electron chi connectivity index (χ4n) is 5.66. The van der Waals surface area contributed by atoms with Gasteiger partial charge >= 0.3 is 5.97 Å². The Bertz CT molecular complexity index is 945. The fraction of sp³-hybridized carbons (Fsp3) is 0.667. The summed E-state index contributed by atoms with van der Waals surface area (Å²) in [7, 11) is 0. The first-order valence-electron chi connectivity index (χ1n) is 13.3. The molecule has 0 saturated carbocycles. The van der Waals surface area contributed by atoms with Crippen molar-refractivity contribution >= 4 is 17.8 Å². The van der Waals surface area contributed by atoms with Crippen molar-refractivity contribution in [3.05, 3.63) is 23.8 Å². The van der Waals surface area contributed by atoms with Crippen LogP contribution in [0.2, 0.25) is 0 Å². The monoisotopic (exact) mass is 501 g/mol. The minimum atomic E-state index is -0.905. The summed E-state index contributed by atoms with van der Waals surface area (Å²) in [6, 6.07) is 5.14. The molecular formula is C27H39N3O6. The number of fused-ring (bicyclic) bond motifs is 1. The first-order chi connectivity index (χ1) is 17.4. The van der Waals surface area contributed by atoms with E-state index in [1.54, 1.807) is 4.90 Å². The molecule has 0 aromatic heterocycles. The molecule has 4 rings (SSSR count). The van der Waals surface area contributed by atoms with E-state index < -0.39 is 17.9 Å². The molecule has 36 heavy (non-hydrogen) atoms.